The quantitative estimate of drug-likeness (QED) is 0.763. The largest absolute Gasteiger partial charge is 0.327 e. The first-order valence-electron chi connectivity index (χ1n) is 4.92. The fourth-order valence-electron chi connectivity index (χ4n) is 1.65. The zero-order valence-electron chi connectivity index (χ0n) is 9.49. The molecule has 0 radical (unpaired) electrons. The van der Waals surface area contributed by atoms with Crippen LogP contribution in [0.2, 0.25) is 0 Å². The van der Waals surface area contributed by atoms with E-state index in [1.165, 1.54) is 5.56 Å². The molecule has 1 atom stereocenters. The first-order valence-corrected chi connectivity index (χ1v) is 4.92. The van der Waals surface area contributed by atoms with E-state index in [2.05, 4.69) is 23.2 Å². The van der Waals surface area contributed by atoms with Gasteiger partial charge in [0.05, 0.1) is 5.69 Å². The SMILES string of the molecule is Cc1nn(C)cc1CN(C)C[C@@H](C)N. The van der Waals surface area contributed by atoms with Gasteiger partial charge in [-0.3, -0.25) is 4.68 Å². The molecule has 0 amide bonds. The molecule has 80 valence electrons. The van der Waals surface area contributed by atoms with Crippen LogP contribution in [0, 0.1) is 6.92 Å². The lowest BCUT2D eigenvalue weighted by Crippen LogP contribution is -2.32. The number of aryl methyl sites for hydroxylation is 2. The van der Waals surface area contributed by atoms with Gasteiger partial charge in [0.15, 0.2) is 0 Å². The minimum absolute atomic E-state index is 0.219. The Balaban J connectivity index is 2.55. The maximum absolute atomic E-state index is 5.73. The van der Waals surface area contributed by atoms with Crippen molar-refractivity contribution in [1.82, 2.24) is 14.7 Å². The van der Waals surface area contributed by atoms with E-state index in [9.17, 15) is 0 Å². The number of hydrogen-bond donors (Lipinski definition) is 1. The van der Waals surface area contributed by atoms with Crippen LogP contribution in [-0.4, -0.2) is 34.3 Å². The van der Waals surface area contributed by atoms with Crippen LogP contribution in [-0.2, 0) is 13.6 Å². The molecular weight excluding hydrogens is 176 g/mol. The van der Waals surface area contributed by atoms with Crippen LogP contribution in [0.15, 0.2) is 6.20 Å². The second-order valence-electron chi connectivity index (χ2n) is 4.09. The topological polar surface area (TPSA) is 47.1 Å². The number of likely N-dealkylation sites (N-methyl/N-ethyl adjacent to an activating group) is 1. The first-order chi connectivity index (χ1) is 6.49. The van der Waals surface area contributed by atoms with Crippen molar-refractivity contribution in [3.63, 3.8) is 0 Å². The summed E-state index contributed by atoms with van der Waals surface area (Å²) in [5.41, 5.74) is 8.10. The number of nitrogens with two attached hydrogens (primary N) is 1. The molecule has 0 aliphatic rings. The highest BCUT2D eigenvalue weighted by Crippen LogP contribution is 2.07. The molecule has 0 aliphatic carbocycles. The Morgan fingerprint density at radius 3 is 2.71 bits per heavy atom. The van der Waals surface area contributed by atoms with Gasteiger partial charge in [-0.2, -0.15) is 5.10 Å². The Hall–Kier alpha value is -0.870. The summed E-state index contributed by atoms with van der Waals surface area (Å²) in [7, 11) is 4.03. The Kier molecular flexibility index (Phi) is 3.66. The zero-order chi connectivity index (χ0) is 10.7. The van der Waals surface area contributed by atoms with Crippen molar-refractivity contribution in [1.29, 1.82) is 0 Å². The molecule has 0 aromatic carbocycles. The molecule has 0 unspecified atom stereocenters. The number of nitrogens with zero attached hydrogens (tertiary/aromatic N) is 3. The molecule has 0 aliphatic heterocycles. The maximum atomic E-state index is 5.73. The Morgan fingerprint density at radius 1 is 1.64 bits per heavy atom. The lowest BCUT2D eigenvalue weighted by Gasteiger charge is -2.18. The Morgan fingerprint density at radius 2 is 2.29 bits per heavy atom. The van der Waals surface area contributed by atoms with Crippen LogP contribution in [0.5, 0.6) is 0 Å². The molecule has 1 aromatic heterocycles. The fraction of sp³-hybridized carbons (Fsp3) is 0.700. The van der Waals surface area contributed by atoms with E-state index in [4.69, 9.17) is 5.73 Å². The van der Waals surface area contributed by atoms with Gasteiger partial charge >= 0.3 is 0 Å². The van der Waals surface area contributed by atoms with Crippen LogP contribution in [0.1, 0.15) is 18.2 Å². The Bertz CT molecular complexity index is 290. The summed E-state index contributed by atoms with van der Waals surface area (Å²) in [6.45, 7) is 5.89. The summed E-state index contributed by atoms with van der Waals surface area (Å²) in [5, 5.41) is 4.30. The molecule has 0 saturated carbocycles. The highest BCUT2D eigenvalue weighted by atomic mass is 15.3. The maximum Gasteiger partial charge on any atom is 0.0638 e. The average molecular weight is 196 g/mol. The van der Waals surface area contributed by atoms with Gasteiger partial charge < -0.3 is 10.6 Å². The molecule has 0 fully saturated rings. The summed E-state index contributed by atoms with van der Waals surface area (Å²) in [6.07, 6.45) is 2.06. The second kappa shape index (κ2) is 4.57. The molecule has 1 heterocycles. The van der Waals surface area contributed by atoms with E-state index in [0.29, 0.717) is 0 Å². The van der Waals surface area contributed by atoms with Crippen LogP contribution in [0.4, 0.5) is 0 Å². The molecule has 4 heteroatoms. The van der Waals surface area contributed by atoms with E-state index >= 15 is 0 Å². The second-order valence-corrected chi connectivity index (χ2v) is 4.09. The van der Waals surface area contributed by atoms with Crippen molar-refractivity contribution in [2.75, 3.05) is 13.6 Å². The standard InChI is InChI=1S/C10H20N4/c1-8(11)5-13(3)6-10-7-14(4)12-9(10)2/h7-8H,5-6,11H2,1-4H3/t8-/m1/s1. The first kappa shape index (κ1) is 11.2. The molecule has 14 heavy (non-hydrogen) atoms. The van der Waals surface area contributed by atoms with Crippen LogP contribution in [0.3, 0.4) is 0 Å². The Labute approximate surface area is 85.7 Å². The van der Waals surface area contributed by atoms with Crippen LogP contribution >= 0.6 is 0 Å². The molecule has 2 N–H and O–H groups in total. The summed E-state index contributed by atoms with van der Waals surface area (Å²) in [5.74, 6) is 0. The summed E-state index contributed by atoms with van der Waals surface area (Å²) in [6, 6.07) is 0.219. The fourth-order valence-corrected chi connectivity index (χ4v) is 1.65. The molecule has 4 nitrogen and oxygen atoms in total. The number of aromatic nitrogens is 2. The third kappa shape index (κ3) is 3.12. The van der Waals surface area contributed by atoms with Gasteiger partial charge in [-0.25, -0.2) is 0 Å². The normalized spacial score (nSPS) is 13.6. The molecule has 0 saturated heterocycles. The molecule has 0 bridgehead atoms. The van der Waals surface area contributed by atoms with E-state index in [1.807, 2.05) is 25.6 Å². The minimum atomic E-state index is 0.219. The highest BCUT2D eigenvalue weighted by Gasteiger charge is 2.07. The lowest BCUT2D eigenvalue weighted by atomic mass is 10.2. The van der Waals surface area contributed by atoms with Crippen molar-refractivity contribution in [2.45, 2.75) is 26.4 Å². The van der Waals surface area contributed by atoms with Crippen molar-refractivity contribution in [2.24, 2.45) is 12.8 Å². The predicted octanol–water partition coefficient (Wildman–Crippen LogP) is 0.508. The third-order valence-electron chi connectivity index (χ3n) is 2.16. The van der Waals surface area contributed by atoms with Crippen molar-refractivity contribution in [3.8, 4) is 0 Å². The van der Waals surface area contributed by atoms with E-state index < -0.39 is 0 Å². The van der Waals surface area contributed by atoms with Crippen molar-refractivity contribution >= 4 is 0 Å². The van der Waals surface area contributed by atoms with Gasteiger partial charge in [-0.05, 0) is 20.9 Å². The smallest absolute Gasteiger partial charge is 0.0638 e. The van der Waals surface area contributed by atoms with E-state index in [1.54, 1.807) is 0 Å². The monoisotopic (exact) mass is 196 g/mol. The zero-order valence-corrected chi connectivity index (χ0v) is 9.49. The van der Waals surface area contributed by atoms with Crippen LogP contribution < -0.4 is 5.73 Å². The molecule has 1 rings (SSSR count). The summed E-state index contributed by atoms with van der Waals surface area (Å²) < 4.78 is 1.85. The van der Waals surface area contributed by atoms with E-state index in [-0.39, 0.29) is 6.04 Å². The molecule has 1 aromatic rings. The molecular formula is C10H20N4. The van der Waals surface area contributed by atoms with Gasteiger partial charge in [0.1, 0.15) is 0 Å². The van der Waals surface area contributed by atoms with E-state index in [0.717, 1.165) is 18.8 Å². The number of hydrogen-bond acceptors (Lipinski definition) is 3. The average Bonchev–Trinajstić information content (AvgIpc) is 2.28. The van der Waals surface area contributed by atoms with Crippen molar-refractivity contribution in [3.05, 3.63) is 17.5 Å². The number of rotatable bonds is 4. The third-order valence-corrected chi connectivity index (χ3v) is 2.16. The minimum Gasteiger partial charge on any atom is -0.327 e. The molecule has 0 spiro atoms. The van der Waals surface area contributed by atoms with Gasteiger partial charge in [0.2, 0.25) is 0 Å². The lowest BCUT2D eigenvalue weighted by molar-refractivity contribution is 0.309. The predicted molar refractivity (Wildman–Crippen MR) is 57.9 cm³/mol. The summed E-state index contributed by atoms with van der Waals surface area (Å²) >= 11 is 0. The van der Waals surface area contributed by atoms with Gasteiger partial charge in [0, 0.05) is 37.9 Å². The summed E-state index contributed by atoms with van der Waals surface area (Å²) in [4.78, 5) is 2.22. The van der Waals surface area contributed by atoms with Gasteiger partial charge in [-0.1, -0.05) is 0 Å². The van der Waals surface area contributed by atoms with Crippen molar-refractivity contribution < 1.29 is 0 Å². The van der Waals surface area contributed by atoms with Gasteiger partial charge in [-0.15, -0.1) is 0 Å². The van der Waals surface area contributed by atoms with Crippen LogP contribution in [0.25, 0.3) is 0 Å². The highest BCUT2D eigenvalue weighted by molar-refractivity contribution is 5.14. The van der Waals surface area contributed by atoms with Gasteiger partial charge in [0.25, 0.3) is 0 Å².